The molecule has 0 saturated carbocycles. The number of thiophene rings is 1. The van der Waals surface area contributed by atoms with Gasteiger partial charge in [0, 0.05) is 30.0 Å². The van der Waals surface area contributed by atoms with Crippen molar-refractivity contribution in [1.82, 2.24) is 19.9 Å². The number of amides is 1. The van der Waals surface area contributed by atoms with E-state index in [-0.39, 0.29) is 11.9 Å². The van der Waals surface area contributed by atoms with E-state index in [1.54, 1.807) is 11.3 Å². The van der Waals surface area contributed by atoms with Gasteiger partial charge in [0.05, 0.1) is 12.2 Å². The van der Waals surface area contributed by atoms with Crippen LogP contribution in [0.15, 0.2) is 48.0 Å². The second-order valence-electron chi connectivity index (χ2n) is 6.43. The molecule has 0 bridgehead atoms. The maximum atomic E-state index is 12.3. The summed E-state index contributed by atoms with van der Waals surface area (Å²) in [6.07, 6.45) is 3.39. The summed E-state index contributed by atoms with van der Waals surface area (Å²) in [5.74, 6) is 0.229. The Morgan fingerprint density at radius 2 is 2.04 bits per heavy atom. The summed E-state index contributed by atoms with van der Waals surface area (Å²) in [5, 5.41) is 10.6. The van der Waals surface area contributed by atoms with Crippen molar-refractivity contribution >= 4 is 17.2 Å². The van der Waals surface area contributed by atoms with Gasteiger partial charge in [0.15, 0.2) is 0 Å². The summed E-state index contributed by atoms with van der Waals surface area (Å²) < 4.78 is 1.88. The van der Waals surface area contributed by atoms with Crippen LogP contribution in [0, 0.1) is 6.92 Å². The highest BCUT2D eigenvalue weighted by atomic mass is 32.1. The largest absolute Gasteiger partial charge is 0.338 e. The first-order valence-corrected chi connectivity index (χ1v) is 9.36. The smallest absolute Gasteiger partial charge is 0.223 e. The monoisotopic (exact) mass is 352 g/mol. The number of likely N-dealkylation sites (tertiary alicyclic amines) is 1. The summed E-state index contributed by atoms with van der Waals surface area (Å²) >= 11 is 1.73. The van der Waals surface area contributed by atoms with Gasteiger partial charge in [0.25, 0.3) is 0 Å². The van der Waals surface area contributed by atoms with Gasteiger partial charge in [0.1, 0.15) is 5.69 Å². The molecule has 1 aliphatic rings. The van der Waals surface area contributed by atoms with Crippen LogP contribution in [-0.4, -0.2) is 38.9 Å². The molecular weight excluding hydrogens is 332 g/mol. The lowest BCUT2D eigenvalue weighted by Crippen LogP contribution is -2.50. The molecule has 1 fully saturated rings. The molecule has 0 atom stereocenters. The first kappa shape index (κ1) is 16.0. The van der Waals surface area contributed by atoms with Gasteiger partial charge in [-0.3, -0.25) is 4.79 Å². The van der Waals surface area contributed by atoms with Gasteiger partial charge in [-0.25, -0.2) is 4.68 Å². The topological polar surface area (TPSA) is 51.0 Å². The molecule has 3 heterocycles. The zero-order valence-electron chi connectivity index (χ0n) is 14.1. The SMILES string of the molecule is Cc1ccsc1CCC(=O)N1CC(n2cc(-c3ccccc3)nn2)C1. The van der Waals surface area contributed by atoms with Crippen molar-refractivity contribution in [3.8, 4) is 11.3 Å². The molecule has 0 unspecified atom stereocenters. The van der Waals surface area contributed by atoms with Crippen LogP contribution in [-0.2, 0) is 11.2 Å². The Bertz CT molecular complexity index is 864. The molecule has 0 radical (unpaired) electrons. The highest BCUT2D eigenvalue weighted by molar-refractivity contribution is 7.10. The van der Waals surface area contributed by atoms with E-state index in [2.05, 4.69) is 28.7 Å². The Labute approximate surface area is 150 Å². The van der Waals surface area contributed by atoms with Gasteiger partial charge in [-0.1, -0.05) is 35.5 Å². The van der Waals surface area contributed by atoms with E-state index in [0.717, 1.165) is 30.8 Å². The van der Waals surface area contributed by atoms with Gasteiger partial charge in [-0.15, -0.1) is 16.4 Å². The normalized spacial score (nSPS) is 14.5. The number of aryl methyl sites for hydroxylation is 2. The Morgan fingerprint density at radius 3 is 2.76 bits per heavy atom. The standard InChI is InChI=1S/C19H20N4OS/c1-14-9-10-25-18(14)7-8-19(24)22-11-16(12-22)23-13-17(20-21-23)15-5-3-2-4-6-15/h2-6,9-10,13,16H,7-8,11-12H2,1H3. The molecule has 4 rings (SSSR count). The number of benzene rings is 1. The predicted molar refractivity (Wildman–Crippen MR) is 98.5 cm³/mol. The molecule has 1 aliphatic heterocycles. The van der Waals surface area contributed by atoms with Crippen LogP contribution in [0.2, 0.25) is 0 Å². The molecule has 1 saturated heterocycles. The maximum Gasteiger partial charge on any atom is 0.223 e. The minimum atomic E-state index is 0.229. The minimum absolute atomic E-state index is 0.229. The molecule has 128 valence electrons. The van der Waals surface area contributed by atoms with Crippen molar-refractivity contribution in [1.29, 1.82) is 0 Å². The molecular formula is C19H20N4OS. The van der Waals surface area contributed by atoms with Crippen LogP contribution in [0.5, 0.6) is 0 Å². The molecule has 0 aliphatic carbocycles. The lowest BCUT2D eigenvalue weighted by atomic mass is 10.1. The van der Waals surface area contributed by atoms with Crippen molar-refractivity contribution in [2.75, 3.05) is 13.1 Å². The van der Waals surface area contributed by atoms with Crippen molar-refractivity contribution < 1.29 is 4.79 Å². The van der Waals surface area contributed by atoms with Crippen LogP contribution in [0.25, 0.3) is 11.3 Å². The van der Waals surface area contributed by atoms with Crippen LogP contribution in [0.1, 0.15) is 22.9 Å². The average Bonchev–Trinajstić information content (AvgIpc) is 3.22. The lowest BCUT2D eigenvalue weighted by Gasteiger charge is -2.39. The number of aromatic nitrogens is 3. The number of carbonyl (C=O) groups excluding carboxylic acids is 1. The summed E-state index contributed by atoms with van der Waals surface area (Å²) in [6, 6.07) is 12.4. The van der Waals surface area contributed by atoms with Crippen LogP contribution >= 0.6 is 11.3 Å². The number of hydrogen-bond donors (Lipinski definition) is 0. The summed E-state index contributed by atoms with van der Waals surface area (Å²) in [4.78, 5) is 15.5. The van der Waals surface area contributed by atoms with E-state index < -0.39 is 0 Å². The van der Waals surface area contributed by atoms with Crippen molar-refractivity contribution in [3.05, 3.63) is 58.4 Å². The molecule has 5 nitrogen and oxygen atoms in total. The summed E-state index contributed by atoms with van der Waals surface area (Å²) in [6.45, 7) is 3.55. The average molecular weight is 352 g/mol. The number of hydrogen-bond acceptors (Lipinski definition) is 4. The zero-order valence-corrected chi connectivity index (χ0v) is 14.9. The Hall–Kier alpha value is -2.47. The number of rotatable bonds is 5. The number of nitrogens with zero attached hydrogens (tertiary/aromatic N) is 4. The molecule has 2 aromatic heterocycles. The fourth-order valence-corrected chi connectivity index (χ4v) is 3.97. The van der Waals surface area contributed by atoms with Gasteiger partial charge in [-0.05, 0) is 30.4 Å². The fourth-order valence-electron chi connectivity index (χ4n) is 3.06. The Kier molecular flexibility index (Phi) is 4.36. The van der Waals surface area contributed by atoms with Crippen LogP contribution in [0.4, 0.5) is 0 Å². The second-order valence-corrected chi connectivity index (χ2v) is 7.43. The third-order valence-electron chi connectivity index (χ3n) is 4.70. The molecule has 6 heteroatoms. The summed E-state index contributed by atoms with van der Waals surface area (Å²) in [7, 11) is 0. The van der Waals surface area contributed by atoms with Gasteiger partial charge in [0.2, 0.25) is 5.91 Å². The first-order valence-electron chi connectivity index (χ1n) is 8.48. The van der Waals surface area contributed by atoms with E-state index in [9.17, 15) is 4.79 Å². The maximum absolute atomic E-state index is 12.3. The minimum Gasteiger partial charge on any atom is -0.338 e. The van der Waals surface area contributed by atoms with E-state index in [0.29, 0.717) is 6.42 Å². The molecule has 1 aromatic carbocycles. The van der Waals surface area contributed by atoms with Crippen molar-refractivity contribution in [2.24, 2.45) is 0 Å². The van der Waals surface area contributed by atoms with Gasteiger partial charge >= 0.3 is 0 Å². The van der Waals surface area contributed by atoms with Crippen molar-refractivity contribution in [3.63, 3.8) is 0 Å². The third kappa shape index (κ3) is 3.35. The fraction of sp³-hybridized carbons (Fsp3) is 0.316. The molecule has 0 spiro atoms. The molecule has 1 amide bonds. The van der Waals surface area contributed by atoms with E-state index in [1.807, 2.05) is 46.1 Å². The first-order chi connectivity index (χ1) is 12.2. The summed E-state index contributed by atoms with van der Waals surface area (Å²) in [5.41, 5.74) is 3.22. The van der Waals surface area contributed by atoms with Crippen LogP contribution < -0.4 is 0 Å². The Balaban J connectivity index is 1.31. The molecule has 3 aromatic rings. The lowest BCUT2D eigenvalue weighted by molar-refractivity contribution is -0.137. The molecule has 25 heavy (non-hydrogen) atoms. The number of carbonyl (C=O) groups is 1. The van der Waals surface area contributed by atoms with E-state index in [4.69, 9.17) is 0 Å². The van der Waals surface area contributed by atoms with E-state index in [1.165, 1.54) is 10.4 Å². The predicted octanol–water partition coefficient (Wildman–Crippen LogP) is 3.33. The van der Waals surface area contributed by atoms with Gasteiger partial charge < -0.3 is 4.90 Å². The third-order valence-corrected chi connectivity index (χ3v) is 5.79. The molecule has 0 N–H and O–H groups in total. The Morgan fingerprint density at radius 1 is 1.24 bits per heavy atom. The quantitative estimate of drug-likeness (QED) is 0.708. The highest BCUT2D eigenvalue weighted by Crippen LogP contribution is 2.25. The van der Waals surface area contributed by atoms with Gasteiger partial charge in [-0.2, -0.15) is 0 Å². The second kappa shape index (κ2) is 6.80. The highest BCUT2D eigenvalue weighted by Gasteiger charge is 2.32. The van der Waals surface area contributed by atoms with Crippen molar-refractivity contribution in [2.45, 2.75) is 25.8 Å². The zero-order chi connectivity index (χ0) is 17.2. The van der Waals surface area contributed by atoms with E-state index >= 15 is 0 Å². The van der Waals surface area contributed by atoms with Crippen LogP contribution in [0.3, 0.4) is 0 Å².